The molecule has 160 valence electrons. The van der Waals surface area contributed by atoms with Crippen molar-refractivity contribution in [2.24, 2.45) is 0 Å². The Kier molecular flexibility index (Phi) is 8.37. The summed E-state index contributed by atoms with van der Waals surface area (Å²) >= 11 is 0. The van der Waals surface area contributed by atoms with Gasteiger partial charge in [-0.25, -0.2) is 4.79 Å². The zero-order valence-electron chi connectivity index (χ0n) is 18.1. The predicted molar refractivity (Wildman–Crippen MR) is 121 cm³/mol. The van der Waals surface area contributed by atoms with E-state index < -0.39 is 5.97 Å². The first-order valence-electron chi connectivity index (χ1n) is 11.1. The maximum absolute atomic E-state index is 11.9. The fourth-order valence-corrected chi connectivity index (χ4v) is 3.52. The SMILES string of the molecule is CCCCCCCCCOc1ccc(-c2ccc3oc(C(=O)OCC)cc3c2)cc1. The van der Waals surface area contributed by atoms with Crippen LogP contribution in [0.25, 0.3) is 22.1 Å². The molecular formula is C26H32O4. The van der Waals surface area contributed by atoms with E-state index in [0.29, 0.717) is 12.2 Å². The maximum Gasteiger partial charge on any atom is 0.374 e. The number of ether oxygens (including phenoxy) is 2. The molecule has 4 heteroatoms. The summed E-state index contributed by atoms with van der Waals surface area (Å²) in [7, 11) is 0. The van der Waals surface area contributed by atoms with E-state index in [1.165, 1.54) is 38.5 Å². The highest BCUT2D eigenvalue weighted by Crippen LogP contribution is 2.28. The molecule has 1 aromatic heterocycles. The number of fused-ring (bicyclic) bond motifs is 1. The number of hydrogen-bond donors (Lipinski definition) is 0. The Morgan fingerprint density at radius 1 is 0.833 bits per heavy atom. The van der Waals surface area contributed by atoms with Gasteiger partial charge in [0.2, 0.25) is 5.76 Å². The summed E-state index contributed by atoms with van der Waals surface area (Å²) in [6.07, 6.45) is 8.98. The first kappa shape index (κ1) is 21.9. The first-order valence-corrected chi connectivity index (χ1v) is 11.1. The number of esters is 1. The molecule has 1 heterocycles. The summed E-state index contributed by atoms with van der Waals surface area (Å²) in [5.41, 5.74) is 2.84. The fraction of sp³-hybridized carbons (Fsp3) is 0.423. The molecular weight excluding hydrogens is 376 g/mol. The molecule has 0 spiro atoms. The predicted octanol–water partition coefficient (Wildman–Crippen LogP) is 7.41. The van der Waals surface area contributed by atoms with Crippen molar-refractivity contribution in [3.05, 3.63) is 54.3 Å². The standard InChI is InChI=1S/C26H32O4/c1-3-5-6-7-8-9-10-17-29-23-14-11-20(12-15-23)21-13-16-24-22(18-21)19-25(30-24)26(27)28-4-2/h11-16,18-19H,3-10,17H2,1-2H3. The van der Waals surface area contributed by atoms with E-state index in [-0.39, 0.29) is 5.76 Å². The zero-order valence-corrected chi connectivity index (χ0v) is 18.1. The van der Waals surface area contributed by atoms with E-state index in [1.807, 2.05) is 30.3 Å². The Labute approximate surface area is 179 Å². The van der Waals surface area contributed by atoms with Gasteiger partial charge in [0.15, 0.2) is 0 Å². The molecule has 4 nitrogen and oxygen atoms in total. The molecule has 3 rings (SSSR count). The minimum absolute atomic E-state index is 0.234. The van der Waals surface area contributed by atoms with E-state index in [4.69, 9.17) is 13.9 Å². The number of furan rings is 1. The topological polar surface area (TPSA) is 48.7 Å². The van der Waals surface area contributed by atoms with Crippen LogP contribution < -0.4 is 4.74 Å². The van der Waals surface area contributed by atoms with Gasteiger partial charge < -0.3 is 13.9 Å². The molecule has 0 fully saturated rings. The molecule has 0 aliphatic rings. The van der Waals surface area contributed by atoms with Crippen LogP contribution in [-0.2, 0) is 4.74 Å². The summed E-state index contributed by atoms with van der Waals surface area (Å²) in [5.74, 6) is 0.703. The summed E-state index contributed by atoms with van der Waals surface area (Å²) in [6.45, 7) is 5.12. The largest absolute Gasteiger partial charge is 0.494 e. The van der Waals surface area contributed by atoms with Crippen LogP contribution in [0.3, 0.4) is 0 Å². The molecule has 0 atom stereocenters. The van der Waals surface area contributed by atoms with Crippen molar-refractivity contribution in [2.75, 3.05) is 13.2 Å². The van der Waals surface area contributed by atoms with Crippen molar-refractivity contribution >= 4 is 16.9 Å². The van der Waals surface area contributed by atoms with Gasteiger partial charge in [-0.3, -0.25) is 0 Å². The van der Waals surface area contributed by atoms with E-state index in [2.05, 4.69) is 19.1 Å². The molecule has 0 unspecified atom stereocenters. The van der Waals surface area contributed by atoms with Crippen molar-refractivity contribution < 1.29 is 18.7 Å². The molecule has 0 saturated heterocycles. The molecule has 3 aromatic rings. The molecule has 0 radical (unpaired) electrons. The van der Waals surface area contributed by atoms with Crippen LogP contribution in [0.1, 0.15) is 69.3 Å². The van der Waals surface area contributed by atoms with E-state index >= 15 is 0 Å². The van der Waals surface area contributed by atoms with Gasteiger partial charge in [-0.2, -0.15) is 0 Å². The average Bonchev–Trinajstić information content (AvgIpc) is 3.20. The van der Waals surface area contributed by atoms with Crippen LogP contribution in [0.2, 0.25) is 0 Å². The highest BCUT2D eigenvalue weighted by Gasteiger charge is 2.13. The lowest BCUT2D eigenvalue weighted by Gasteiger charge is -2.08. The van der Waals surface area contributed by atoms with Crippen molar-refractivity contribution in [3.63, 3.8) is 0 Å². The van der Waals surface area contributed by atoms with Crippen LogP contribution in [0.4, 0.5) is 0 Å². The van der Waals surface area contributed by atoms with Gasteiger partial charge in [0.1, 0.15) is 11.3 Å². The lowest BCUT2D eigenvalue weighted by molar-refractivity contribution is 0.0492. The van der Waals surface area contributed by atoms with E-state index in [0.717, 1.165) is 35.3 Å². The Morgan fingerprint density at radius 3 is 2.27 bits per heavy atom. The van der Waals surface area contributed by atoms with Crippen LogP contribution in [-0.4, -0.2) is 19.2 Å². The summed E-state index contributed by atoms with van der Waals surface area (Å²) in [6, 6.07) is 15.8. The number of benzene rings is 2. The van der Waals surface area contributed by atoms with Gasteiger partial charge >= 0.3 is 5.97 Å². The molecule has 0 aliphatic carbocycles. The molecule has 0 amide bonds. The minimum Gasteiger partial charge on any atom is -0.494 e. The zero-order chi connectivity index (χ0) is 21.2. The quantitative estimate of drug-likeness (QED) is 0.231. The third-order valence-electron chi connectivity index (χ3n) is 5.20. The number of hydrogen-bond acceptors (Lipinski definition) is 4. The van der Waals surface area contributed by atoms with Crippen molar-refractivity contribution in [1.82, 2.24) is 0 Å². The van der Waals surface area contributed by atoms with Gasteiger partial charge in [-0.1, -0.05) is 63.6 Å². The summed E-state index contributed by atoms with van der Waals surface area (Å²) in [5, 5.41) is 0.884. The normalized spacial score (nSPS) is 11.0. The minimum atomic E-state index is -0.433. The third kappa shape index (κ3) is 6.12. The molecule has 0 saturated carbocycles. The van der Waals surface area contributed by atoms with Gasteiger partial charge in [0.05, 0.1) is 13.2 Å². The molecule has 0 bridgehead atoms. The van der Waals surface area contributed by atoms with Crippen molar-refractivity contribution in [3.8, 4) is 16.9 Å². The van der Waals surface area contributed by atoms with Gasteiger partial charge in [0, 0.05) is 5.39 Å². The smallest absolute Gasteiger partial charge is 0.374 e. The average molecular weight is 409 g/mol. The second kappa shape index (κ2) is 11.4. The van der Waals surface area contributed by atoms with Crippen molar-refractivity contribution in [2.45, 2.75) is 58.8 Å². The molecule has 2 aromatic carbocycles. The van der Waals surface area contributed by atoms with Crippen LogP contribution in [0.15, 0.2) is 52.9 Å². The second-order valence-electron chi connectivity index (χ2n) is 7.58. The first-order chi connectivity index (χ1) is 14.7. The number of carbonyl (C=O) groups excluding carboxylic acids is 1. The Balaban J connectivity index is 1.53. The van der Waals surface area contributed by atoms with Gasteiger partial charge in [-0.15, -0.1) is 0 Å². The maximum atomic E-state index is 11.9. The van der Waals surface area contributed by atoms with Crippen LogP contribution in [0.5, 0.6) is 5.75 Å². The molecule has 0 aliphatic heterocycles. The molecule has 0 N–H and O–H groups in total. The Hall–Kier alpha value is -2.75. The third-order valence-corrected chi connectivity index (χ3v) is 5.20. The highest BCUT2D eigenvalue weighted by molar-refractivity contribution is 5.94. The monoisotopic (exact) mass is 408 g/mol. The lowest BCUT2D eigenvalue weighted by Crippen LogP contribution is -2.02. The van der Waals surface area contributed by atoms with Gasteiger partial charge in [0.25, 0.3) is 0 Å². The van der Waals surface area contributed by atoms with E-state index in [9.17, 15) is 4.79 Å². The van der Waals surface area contributed by atoms with Crippen molar-refractivity contribution in [1.29, 1.82) is 0 Å². The summed E-state index contributed by atoms with van der Waals surface area (Å²) in [4.78, 5) is 11.9. The number of rotatable bonds is 12. The number of carbonyl (C=O) groups is 1. The highest BCUT2D eigenvalue weighted by atomic mass is 16.5. The Bertz CT molecular complexity index is 924. The van der Waals surface area contributed by atoms with Gasteiger partial charge in [-0.05, 0) is 54.8 Å². The van der Waals surface area contributed by atoms with E-state index in [1.54, 1.807) is 13.0 Å². The second-order valence-corrected chi connectivity index (χ2v) is 7.58. The molecule has 30 heavy (non-hydrogen) atoms. The lowest BCUT2D eigenvalue weighted by atomic mass is 10.0. The number of unbranched alkanes of at least 4 members (excludes halogenated alkanes) is 6. The summed E-state index contributed by atoms with van der Waals surface area (Å²) < 4.78 is 16.5. The Morgan fingerprint density at radius 2 is 1.53 bits per heavy atom. The fourth-order valence-electron chi connectivity index (χ4n) is 3.52. The van der Waals surface area contributed by atoms with Crippen LogP contribution in [0, 0.1) is 0 Å². The van der Waals surface area contributed by atoms with Crippen LogP contribution >= 0.6 is 0 Å².